The van der Waals surface area contributed by atoms with Crippen LogP contribution >= 0.6 is 24.0 Å². The molecule has 0 aromatic heterocycles. The van der Waals surface area contributed by atoms with Gasteiger partial charge in [0.1, 0.15) is 0 Å². The van der Waals surface area contributed by atoms with E-state index >= 15 is 0 Å². The summed E-state index contributed by atoms with van der Waals surface area (Å²) in [6.45, 7) is 9.90. The van der Waals surface area contributed by atoms with Crippen LogP contribution in [-0.2, 0) is 9.84 Å². The van der Waals surface area contributed by atoms with Crippen LogP contribution in [0.25, 0.3) is 0 Å². The number of rotatable bonds is 4. The Hall–Kier alpha value is -0.0900. The molecule has 2 unspecified atom stereocenters. The summed E-state index contributed by atoms with van der Waals surface area (Å²) in [4.78, 5) is 6.79. The first-order valence-corrected chi connectivity index (χ1v) is 10.5. The van der Waals surface area contributed by atoms with E-state index in [0.717, 1.165) is 25.6 Å². The van der Waals surface area contributed by atoms with Gasteiger partial charge in [0.25, 0.3) is 0 Å². The monoisotopic (exact) mass is 472 g/mol. The zero-order chi connectivity index (χ0) is 17.1. The molecule has 2 aliphatic rings. The average molecular weight is 472 g/mol. The second-order valence-corrected chi connectivity index (χ2v) is 9.90. The van der Waals surface area contributed by atoms with E-state index in [1.807, 2.05) is 0 Å². The Morgan fingerprint density at radius 3 is 2.58 bits per heavy atom. The third-order valence-electron chi connectivity index (χ3n) is 5.00. The van der Waals surface area contributed by atoms with Gasteiger partial charge in [-0.25, -0.2) is 8.42 Å². The minimum Gasteiger partial charge on any atom is -0.355 e. The Morgan fingerprint density at radius 1 is 1.33 bits per heavy atom. The lowest BCUT2D eigenvalue weighted by molar-refractivity contribution is 0.0739. The number of nitrogens with zero attached hydrogens (tertiary/aromatic N) is 2. The summed E-state index contributed by atoms with van der Waals surface area (Å²) < 4.78 is 23.1. The van der Waals surface area contributed by atoms with Crippen molar-refractivity contribution >= 4 is 39.8 Å². The second kappa shape index (κ2) is 9.02. The van der Waals surface area contributed by atoms with Crippen molar-refractivity contribution in [3.05, 3.63) is 0 Å². The van der Waals surface area contributed by atoms with Crippen molar-refractivity contribution in [3.63, 3.8) is 0 Å². The molecule has 2 saturated heterocycles. The maximum atomic E-state index is 11.6. The van der Waals surface area contributed by atoms with Crippen molar-refractivity contribution < 1.29 is 8.42 Å². The molecular weight excluding hydrogens is 439 g/mol. The molecule has 2 heterocycles. The molecule has 0 radical (unpaired) electrons. The minimum atomic E-state index is -2.87. The zero-order valence-electron chi connectivity index (χ0n) is 15.3. The standard InChI is InChI=1S/C16H32N4O2S.HI/c1-13-6-5-8-20(10-13)16(2,3)12-18-15(17-4)19-14-7-9-23(21,22)11-14;/h13-14H,5-12H2,1-4H3,(H2,17,18,19);1H. The van der Waals surface area contributed by atoms with Crippen LogP contribution in [0.3, 0.4) is 0 Å². The molecule has 0 saturated carbocycles. The third-order valence-corrected chi connectivity index (χ3v) is 6.77. The van der Waals surface area contributed by atoms with E-state index in [-0.39, 0.29) is 47.1 Å². The topological polar surface area (TPSA) is 73.8 Å². The van der Waals surface area contributed by atoms with Crippen molar-refractivity contribution in [2.24, 2.45) is 10.9 Å². The number of piperidine rings is 1. The second-order valence-electron chi connectivity index (χ2n) is 7.68. The number of sulfone groups is 1. The Balaban J connectivity index is 0.00000288. The number of hydrogen-bond donors (Lipinski definition) is 2. The van der Waals surface area contributed by atoms with Crippen molar-refractivity contribution in [1.82, 2.24) is 15.5 Å². The highest BCUT2D eigenvalue weighted by Gasteiger charge is 2.31. The van der Waals surface area contributed by atoms with Crippen molar-refractivity contribution in [2.45, 2.75) is 51.6 Å². The lowest BCUT2D eigenvalue weighted by atomic mass is 9.93. The van der Waals surface area contributed by atoms with Crippen LogP contribution < -0.4 is 10.6 Å². The SMILES string of the molecule is CN=C(NCC(C)(C)N1CCCC(C)C1)NC1CCS(=O)(=O)C1.I. The van der Waals surface area contributed by atoms with Gasteiger partial charge in [0, 0.05) is 31.7 Å². The Labute approximate surface area is 164 Å². The average Bonchev–Trinajstić information content (AvgIpc) is 2.82. The summed E-state index contributed by atoms with van der Waals surface area (Å²) in [6.07, 6.45) is 3.24. The summed E-state index contributed by atoms with van der Waals surface area (Å²) in [5, 5.41) is 6.63. The van der Waals surface area contributed by atoms with Crippen LogP contribution in [0, 0.1) is 5.92 Å². The fourth-order valence-corrected chi connectivity index (χ4v) is 5.12. The van der Waals surface area contributed by atoms with Gasteiger partial charge in [0.15, 0.2) is 15.8 Å². The molecule has 0 aromatic carbocycles. The van der Waals surface area contributed by atoms with Crippen molar-refractivity contribution in [2.75, 3.05) is 38.2 Å². The number of hydrogen-bond acceptors (Lipinski definition) is 4. The molecule has 8 heteroatoms. The molecule has 142 valence electrons. The normalized spacial score (nSPS) is 28.2. The van der Waals surface area contributed by atoms with Crippen LogP contribution in [0.4, 0.5) is 0 Å². The molecule has 0 spiro atoms. The van der Waals surface area contributed by atoms with Gasteiger partial charge < -0.3 is 10.6 Å². The highest BCUT2D eigenvalue weighted by Crippen LogP contribution is 2.23. The van der Waals surface area contributed by atoms with Crippen LogP contribution in [-0.4, -0.2) is 69.0 Å². The molecule has 0 aliphatic carbocycles. The van der Waals surface area contributed by atoms with E-state index in [0.29, 0.717) is 12.4 Å². The molecule has 2 fully saturated rings. The molecular formula is C16H33IN4O2S. The smallest absolute Gasteiger partial charge is 0.191 e. The van der Waals surface area contributed by atoms with E-state index in [1.165, 1.54) is 12.8 Å². The summed E-state index contributed by atoms with van der Waals surface area (Å²) in [7, 11) is -1.14. The van der Waals surface area contributed by atoms with Crippen LogP contribution in [0.2, 0.25) is 0 Å². The van der Waals surface area contributed by atoms with E-state index < -0.39 is 9.84 Å². The van der Waals surface area contributed by atoms with Crippen molar-refractivity contribution in [1.29, 1.82) is 0 Å². The molecule has 24 heavy (non-hydrogen) atoms. The zero-order valence-corrected chi connectivity index (χ0v) is 18.5. The number of guanidine groups is 1. The number of nitrogens with one attached hydrogen (secondary N) is 2. The molecule has 0 aromatic rings. The van der Waals surface area contributed by atoms with Crippen LogP contribution in [0.15, 0.2) is 4.99 Å². The van der Waals surface area contributed by atoms with Gasteiger partial charge in [0.05, 0.1) is 11.5 Å². The summed E-state index contributed by atoms with van der Waals surface area (Å²) in [5.41, 5.74) is 0.0497. The highest BCUT2D eigenvalue weighted by atomic mass is 127. The first-order chi connectivity index (χ1) is 10.7. The summed E-state index contributed by atoms with van der Waals surface area (Å²) in [6, 6.07) is -0.0238. The molecule has 2 aliphatic heterocycles. The third kappa shape index (κ3) is 6.33. The van der Waals surface area contributed by atoms with Gasteiger partial charge in [-0.3, -0.25) is 9.89 Å². The Bertz CT molecular complexity index is 536. The fraction of sp³-hybridized carbons (Fsp3) is 0.938. The maximum Gasteiger partial charge on any atom is 0.191 e. The van der Waals surface area contributed by atoms with Gasteiger partial charge in [0.2, 0.25) is 0 Å². The molecule has 2 atom stereocenters. The van der Waals surface area contributed by atoms with Crippen molar-refractivity contribution in [3.8, 4) is 0 Å². The van der Waals surface area contributed by atoms with E-state index in [2.05, 4.69) is 41.3 Å². The first kappa shape index (κ1) is 22.0. The maximum absolute atomic E-state index is 11.6. The largest absolute Gasteiger partial charge is 0.355 e. The Kier molecular flexibility index (Phi) is 8.25. The van der Waals surface area contributed by atoms with Gasteiger partial charge in [-0.1, -0.05) is 6.92 Å². The summed E-state index contributed by atoms with van der Waals surface area (Å²) in [5.74, 6) is 1.94. The predicted molar refractivity (Wildman–Crippen MR) is 111 cm³/mol. The van der Waals surface area contributed by atoms with E-state index in [4.69, 9.17) is 0 Å². The molecule has 2 rings (SSSR count). The Morgan fingerprint density at radius 2 is 2.04 bits per heavy atom. The lowest BCUT2D eigenvalue weighted by Crippen LogP contribution is -2.56. The molecule has 2 N–H and O–H groups in total. The van der Waals surface area contributed by atoms with Gasteiger partial charge in [-0.2, -0.15) is 0 Å². The number of likely N-dealkylation sites (tertiary alicyclic amines) is 1. The molecule has 0 bridgehead atoms. The van der Waals surface area contributed by atoms with E-state index in [1.54, 1.807) is 7.05 Å². The minimum absolute atomic E-state index is 0. The quantitative estimate of drug-likeness (QED) is 0.368. The van der Waals surface area contributed by atoms with E-state index in [9.17, 15) is 8.42 Å². The molecule has 0 amide bonds. The van der Waals surface area contributed by atoms with Crippen LogP contribution in [0.5, 0.6) is 0 Å². The lowest BCUT2D eigenvalue weighted by Gasteiger charge is -2.43. The fourth-order valence-electron chi connectivity index (χ4n) is 3.45. The highest BCUT2D eigenvalue weighted by molar-refractivity contribution is 14.0. The van der Waals surface area contributed by atoms with Gasteiger partial charge in [-0.15, -0.1) is 24.0 Å². The molecule has 6 nitrogen and oxygen atoms in total. The van der Waals surface area contributed by atoms with Crippen LogP contribution in [0.1, 0.15) is 40.0 Å². The van der Waals surface area contributed by atoms with Gasteiger partial charge in [-0.05, 0) is 45.6 Å². The number of halogens is 1. The first-order valence-electron chi connectivity index (χ1n) is 8.64. The number of aliphatic imine (C=N–C) groups is 1. The summed E-state index contributed by atoms with van der Waals surface area (Å²) >= 11 is 0. The predicted octanol–water partition coefficient (Wildman–Crippen LogP) is 1.47. The van der Waals surface area contributed by atoms with Gasteiger partial charge >= 0.3 is 0 Å².